The van der Waals surface area contributed by atoms with E-state index >= 15 is 0 Å². The highest BCUT2D eigenvalue weighted by molar-refractivity contribution is 5.94. The highest BCUT2D eigenvalue weighted by Gasteiger charge is 2.38. The van der Waals surface area contributed by atoms with Crippen LogP contribution in [0.2, 0.25) is 0 Å². The Morgan fingerprint density at radius 3 is 3.00 bits per heavy atom. The van der Waals surface area contributed by atoms with Crippen molar-refractivity contribution in [2.75, 3.05) is 38.2 Å². The van der Waals surface area contributed by atoms with Crippen LogP contribution in [0.25, 0.3) is 0 Å². The van der Waals surface area contributed by atoms with Crippen molar-refractivity contribution in [2.24, 2.45) is 0 Å². The minimum atomic E-state index is -0.723. The summed E-state index contributed by atoms with van der Waals surface area (Å²) in [5, 5.41) is 5.95. The molecule has 4 rings (SSSR count). The van der Waals surface area contributed by atoms with Crippen LogP contribution >= 0.6 is 0 Å². The van der Waals surface area contributed by atoms with Gasteiger partial charge < -0.3 is 20.3 Å². The molecule has 0 aliphatic carbocycles. The molecule has 0 radical (unpaired) electrons. The van der Waals surface area contributed by atoms with Crippen LogP contribution in [0, 0.1) is 0 Å². The van der Waals surface area contributed by atoms with Gasteiger partial charge in [0.25, 0.3) is 5.91 Å². The molecule has 0 saturated carbocycles. The number of aromatic nitrogens is 1. The fourth-order valence-corrected chi connectivity index (χ4v) is 3.24. The topological polar surface area (TPSA) is 69.7 Å². The van der Waals surface area contributed by atoms with Crippen molar-refractivity contribution < 1.29 is 13.9 Å². The van der Waals surface area contributed by atoms with Gasteiger partial charge in [-0.3, -0.25) is 9.69 Å². The number of morpholine rings is 1. The fraction of sp³-hybridized carbons (Fsp3) is 0.333. The average Bonchev–Trinajstić information content (AvgIpc) is 3.03. The van der Waals surface area contributed by atoms with Gasteiger partial charge in [0.05, 0.1) is 24.6 Å². The Morgan fingerprint density at radius 2 is 2.23 bits per heavy atom. The number of halogens is 1. The number of allylic oxidation sites excluding steroid dienone is 3. The van der Waals surface area contributed by atoms with Gasteiger partial charge >= 0.3 is 0 Å². The first kappa shape index (κ1) is 16.7. The summed E-state index contributed by atoms with van der Waals surface area (Å²) in [6.45, 7) is 3.43. The minimum Gasteiger partial charge on any atom is -0.379 e. The molecule has 1 atom stereocenters. The molecule has 136 valence electrons. The monoisotopic (exact) mass is 357 g/mol. The first-order valence-corrected chi connectivity index (χ1v) is 8.57. The average molecular weight is 357 g/mol. The van der Waals surface area contributed by atoms with Gasteiger partial charge in [-0.05, 0) is 24.3 Å². The number of pyridine rings is 1. The van der Waals surface area contributed by atoms with E-state index in [4.69, 9.17) is 4.74 Å². The number of anilines is 1. The molecule has 3 aliphatic rings. The number of nitrogens with zero attached hydrogens (tertiary/aromatic N) is 3. The number of rotatable bonds is 4. The van der Waals surface area contributed by atoms with E-state index in [1.54, 1.807) is 41.6 Å². The highest BCUT2D eigenvalue weighted by Crippen LogP contribution is 2.31. The van der Waals surface area contributed by atoms with E-state index in [9.17, 15) is 9.18 Å². The number of carbonyl (C=O) groups excluding carboxylic acids is 1. The lowest BCUT2D eigenvalue weighted by Gasteiger charge is -2.27. The molecule has 8 heteroatoms. The Labute approximate surface area is 150 Å². The molecule has 26 heavy (non-hydrogen) atoms. The van der Waals surface area contributed by atoms with Gasteiger partial charge in [0.1, 0.15) is 11.6 Å². The summed E-state index contributed by atoms with van der Waals surface area (Å²) in [5.41, 5.74) is 1.12. The van der Waals surface area contributed by atoms with Crippen LogP contribution in [0.3, 0.4) is 0 Å². The van der Waals surface area contributed by atoms with Gasteiger partial charge in [0, 0.05) is 32.0 Å². The van der Waals surface area contributed by atoms with Gasteiger partial charge in [-0.25, -0.2) is 9.37 Å². The summed E-state index contributed by atoms with van der Waals surface area (Å²) in [4.78, 5) is 20.6. The fourth-order valence-electron chi connectivity index (χ4n) is 3.24. The Hall–Kier alpha value is -2.71. The van der Waals surface area contributed by atoms with E-state index in [1.807, 2.05) is 0 Å². The van der Waals surface area contributed by atoms with Crippen LogP contribution in [-0.2, 0) is 9.53 Å². The Kier molecular flexibility index (Phi) is 4.68. The molecule has 1 unspecified atom stereocenters. The minimum absolute atomic E-state index is 0.294. The van der Waals surface area contributed by atoms with E-state index in [0.29, 0.717) is 37.0 Å². The predicted octanol–water partition coefficient (Wildman–Crippen LogP) is 1.18. The lowest BCUT2D eigenvalue weighted by atomic mass is 10.2. The Bertz CT molecular complexity index is 771. The zero-order valence-electron chi connectivity index (χ0n) is 14.2. The number of hydrogen-bond donors (Lipinski definition) is 2. The Balaban J connectivity index is 1.53. The normalized spacial score (nSPS) is 22.7. The number of ether oxygens (including phenoxy) is 1. The molecular formula is C18H20FN5O2. The Morgan fingerprint density at radius 1 is 1.38 bits per heavy atom. The van der Waals surface area contributed by atoms with Gasteiger partial charge in [-0.15, -0.1) is 0 Å². The molecule has 0 bridgehead atoms. The molecule has 1 saturated heterocycles. The molecule has 1 aromatic heterocycles. The van der Waals surface area contributed by atoms with Crippen molar-refractivity contribution in [1.29, 1.82) is 0 Å². The third-order valence-corrected chi connectivity index (χ3v) is 4.50. The smallest absolute Gasteiger partial charge is 0.269 e. The molecule has 7 nitrogen and oxygen atoms in total. The van der Waals surface area contributed by atoms with Crippen molar-refractivity contribution in [1.82, 2.24) is 20.1 Å². The molecule has 1 fully saturated rings. The van der Waals surface area contributed by atoms with Gasteiger partial charge in [0.15, 0.2) is 6.17 Å². The predicted molar refractivity (Wildman–Crippen MR) is 94.2 cm³/mol. The van der Waals surface area contributed by atoms with Crippen molar-refractivity contribution in [3.8, 4) is 0 Å². The number of amides is 1. The van der Waals surface area contributed by atoms with Crippen molar-refractivity contribution in [3.05, 3.63) is 60.0 Å². The standard InChI is InChI=1S/C18H20FN5O2/c19-13-4-3-7-24-16(13)14(12-23-8-10-26-11-9-23)21-17(24)18(25)22-15-5-1-2-6-20-15/h1-7,17,21H,8-12H2,(H,20,22,25). The molecule has 1 amide bonds. The van der Waals surface area contributed by atoms with Gasteiger partial charge in [-0.2, -0.15) is 0 Å². The molecule has 2 N–H and O–H groups in total. The van der Waals surface area contributed by atoms with Crippen molar-refractivity contribution in [3.63, 3.8) is 0 Å². The van der Waals surface area contributed by atoms with E-state index in [1.165, 1.54) is 6.08 Å². The molecule has 4 heterocycles. The first-order chi connectivity index (χ1) is 12.7. The second-order valence-corrected chi connectivity index (χ2v) is 6.23. The zero-order valence-corrected chi connectivity index (χ0v) is 14.2. The summed E-state index contributed by atoms with van der Waals surface area (Å²) >= 11 is 0. The van der Waals surface area contributed by atoms with Crippen LogP contribution in [0.1, 0.15) is 0 Å². The van der Waals surface area contributed by atoms with Crippen molar-refractivity contribution in [2.45, 2.75) is 6.17 Å². The lowest BCUT2D eigenvalue weighted by molar-refractivity contribution is -0.120. The van der Waals surface area contributed by atoms with E-state index in [2.05, 4.69) is 20.5 Å². The summed E-state index contributed by atoms with van der Waals surface area (Å²) in [6, 6.07) is 5.28. The second kappa shape index (κ2) is 7.27. The highest BCUT2D eigenvalue weighted by atomic mass is 19.1. The maximum absolute atomic E-state index is 14.5. The number of nitrogens with one attached hydrogen (secondary N) is 2. The first-order valence-electron chi connectivity index (χ1n) is 8.57. The molecule has 0 aromatic carbocycles. The molecular weight excluding hydrogens is 337 g/mol. The van der Waals surface area contributed by atoms with Crippen LogP contribution in [0.15, 0.2) is 60.0 Å². The molecule has 0 spiro atoms. The van der Waals surface area contributed by atoms with Crippen LogP contribution in [-0.4, -0.2) is 59.7 Å². The third kappa shape index (κ3) is 3.33. The number of carbonyl (C=O) groups is 1. The quantitative estimate of drug-likeness (QED) is 0.843. The van der Waals surface area contributed by atoms with Crippen LogP contribution in [0.5, 0.6) is 0 Å². The maximum atomic E-state index is 14.5. The van der Waals surface area contributed by atoms with E-state index < -0.39 is 6.17 Å². The van der Waals surface area contributed by atoms with E-state index in [-0.39, 0.29) is 11.7 Å². The number of fused-ring (bicyclic) bond motifs is 1. The lowest BCUT2D eigenvalue weighted by Crippen LogP contribution is -2.46. The maximum Gasteiger partial charge on any atom is 0.269 e. The largest absolute Gasteiger partial charge is 0.379 e. The molecule has 3 aliphatic heterocycles. The van der Waals surface area contributed by atoms with Crippen LogP contribution < -0.4 is 10.6 Å². The summed E-state index contributed by atoms with van der Waals surface area (Å²) in [6.07, 6.45) is 5.60. The zero-order chi connectivity index (χ0) is 17.9. The number of hydrogen-bond acceptors (Lipinski definition) is 6. The molecule has 1 aromatic rings. The van der Waals surface area contributed by atoms with Crippen LogP contribution in [0.4, 0.5) is 10.2 Å². The van der Waals surface area contributed by atoms with Crippen molar-refractivity contribution >= 4 is 11.7 Å². The third-order valence-electron chi connectivity index (χ3n) is 4.50. The summed E-state index contributed by atoms with van der Waals surface area (Å²) < 4.78 is 19.9. The SMILES string of the molecule is O=C(Nc1ccccn1)C1NC(CN2CCOCC2)=C2C(F)=CC=CN21. The summed E-state index contributed by atoms with van der Waals surface area (Å²) in [5.74, 6) is -0.187. The van der Waals surface area contributed by atoms with Gasteiger partial charge in [0.2, 0.25) is 0 Å². The van der Waals surface area contributed by atoms with Gasteiger partial charge in [-0.1, -0.05) is 6.07 Å². The second-order valence-electron chi connectivity index (χ2n) is 6.23. The van der Waals surface area contributed by atoms with E-state index in [0.717, 1.165) is 13.1 Å². The summed E-state index contributed by atoms with van der Waals surface area (Å²) in [7, 11) is 0.